The van der Waals surface area contributed by atoms with Gasteiger partial charge in [0.2, 0.25) is 5.91 Å². The van der Waals surface area contributed by atoms with Crippen molar-refractivity contribution >= 4 is 11.6 Å². The largest absolute Gasteiger partial charge is 0.353 e. The molecule has 0 aromatic heterocycles. The number of amides is 1. The molecule has 1 aliphatic heterocycles. The molecule has 1 heterocycles. The van der Waals surface area contributed by atoms with E-state index in [9.17, 15) is 4.79 Å². The summed E-state index contributed by atoms with van der Waals surface area (Å²) in [5, 5.41) is 10.8. The van der Waals surface area contributed by atoms with Gasteiger partial charge >= 0.3 is 0 Å². The van der Waals surface area contributed by atoms with Crippen molar-refractivity contribution in [3.63, 3.8) is 0 Å². The Morgan fingerprint density at radius 3 is 2.63 bits per heavy atom. The minimum atomic E-state index is 0.0241. The van der Waals surface area contributed by atoms with Crippen LogP contribution in [-0.2, 0) is 4.79 Å². The summed E-state index contributed by atoms with van der Waals surface area (Å²) in [7, 11) is 4.34. The third kappa shape index (κ3) is 5.71. The maximum absolute atomic E-state index is 12.4. The van der Waals surface area contributed by atoms with E-state index in [-0.39, 0.29) is 12.2 Å². The molecule has 0 aromatic carbocycles. The zero-order chi connectivity index (χ0) is 20.9. The predicted molar refractivity (Wildman–Crippen MR) is 122 cm³/mol. The van der Waals surface area contributed by atoms with E-state index >= 15 is 0 Å². The number of nitrogens with one attached hydrogen (secondary N) is 3. The molecular formula is C24H41N5O. The summed E-state index contributed by atoms with van der Waals surface area (Å²) in [4.78, 5) is 19.8. The second-order valence-corrected chi connectivity index (χ2v) is 10.1. The fourth-order valence-electron chi connectivity index (χ4n) is 5.80. The SMILES string of the molecule is CN(C)C1NC(NC2CCC(NC(=O)CC3C=CCCC3)CC2)N=C2CCCCC21. The molecule has 0 saturated heterocycles. The lowest BCUT2D eigenvalue weighted by atomic mass is 9.83. The average Bonchev–Trinajstić information content (AvgIpc) is 2.75. The van der Waals surface area contributed by atoms with E-state index in [2.05, 4.69) is 47.1 Å². The first-order chi connectivity index (χ1) is 14.6. The minimum absolute atomic E-state index is 0.0241. The summed E-state index contributed by atoms with van der Waals surface area (Å²) < 4.78 is 0. The summed E-state index contributed by atoms with van der Waals surface area (Å²) >= 11 is 0. The van der Waals surface area contributed by atoms with E-state index < -0.39 is 0 Å². The van der Waals surface area contributed by atoms with Crippen molar-refractivity contribution in [1.82, 2.24) is 20.9 Å². The van der Waals surface area contributed by atoms with Crippen LogP contribution in [0.15, 0.2) is 17.1 Å². The monoisotopic (exact) mass is 415 g/mol. The van der Waals surface area contributed by atoms with Gasteiger partial charge in [-0.3, -0.25) is 25.3 Å². The highest BCUT2D eigenvalue weighted by molar-refractivity contribution is 5.88. The number of rotatable bonds is 6. The molecule has 2 fully saturated rings. The third-order valence-corrected chi connectivity index (χ3v) is 7.47. The standard InChI is InChI=1S/C24H41N5O/c1-29(2)23-20-10-6-7-11-21(20)27-24(28-23)26-19-14-12-18(13-15-19)25-22(30)16-17-8-4-3-5-9-17/h4,8,17-20,23-24,26,28H,3,5-7,9-16H2,1-2H3,(H,25,30). The van der Waals surface area contributed by atoms with Gasteiger partial charge in [0.05, 0.1) is 6.17 Å². The molecule has 0 radical (unpaired) electrons. The molecule has 6 heteroatoms. The Kier molecular flexibility index (Phi) is 7.60. The highest BCUT2D eigenvalue weighted by Gasteiger charge is 2.36. The number of hydrogen-bond donors (Lipinski definition) is 3. The summed E-state index contributed by atoms with van der Waals surface area (Å²) in [6.45, 7) is 0. The first-order valence-corrected chi connectivity index (χ1v) is 12.3. The highest BCUT2D eigenvalue weighted by atomic mass is 16.1. The Balaban J connectivity index is 1.23. The first-order valence-electron chi connectivity index (χ1n) is 12.3. The van der Waals surface area contributed by atoms with Crippen molar-refractivity contribution in [2.24, 2.45) is 16.8 Å². The fraction of sp³-hybridized carbons (Fsp3) is 0.833. The molecule has 4 unspecified atom stereocenters. The smallest absolute Gasteiger partial charge is 0.220 e. The van der Waals surface area contributed by atoms with Crippen LogP contribution in [0.25, 0.3) is 0 Å². The number of allylic oxidation sites excluding steroid dienone is 2. The van der Waals surface area contributed by atoms with E-state index in [0.29, 0.717) is 36.5 Å². The van der Waals surface area contributed by atoms with Gasteiger partial charge in [0.1, 0.15) is 0 Å². The Labute approximate surface area is 182 Å². The van der Waals surface area contributed by atoms with Crippen LogP contribution in [0.1, 0.15) is 77.0 Å². The normalized spacial score (nSPS) is 36.8. The van der Waals surface area contributed by atoms with Crippen molar-refractivity contribution < 1.29 is 4.79 Å². The van der Waals surface area contributed by atoms with Crippen LogP contribution in [0.4, 0.5) is 0 Å². The van der Waals surface area contributed by atoms with Crippen molar-refractivity contribution in [2.75, 3.05) is 14.1 Å². The average molecular weight is 416 g/mol. The second-order valence-electron chi connectivity index (χ2n) is 10.1. The summed E-state index contributed by atoms with van der Waals surface area (Å²) in [5.41, 5.74) is 1.41. The molecule has 0 aromatic rings. The van der Waals surface area contributed by atoms with E-state index in [4.69, 9.17) is 4.99 Å². The van der Waals surface area contributed by atoms with E-state index in [1.165, 1.54) is 37.8 Å². The maximum Gasteiger partial charge on any atom is 0.220 e. The Morgan fingerprint density at radius 1 is 1.10 bits per heavy atom. The number of carbonyl (C=O) groups is 1. The maximum atomic E-state index is 12.4. The molecular weight excluding hydrogens is 374 g/mol. The molecule has 3 aliphatic carbocycles. The van der Waals surface area contributed by atoms with Crippen molar-refractivity contribution in [3.8, 4) is 0 Å². The second kappa shape index (κ2) is 10.4. The van der Waals surface area contributed by atoms with Crippen LogP contribution in [0.3, 0.4) is 0 Å². The van der Waals surface area contributed by atoms with Crippen LogP contribution in [0.5, 0.6) is 0 Å². The molecule has 6 nitrogen and oxygen atoms in total. The van der Waals surface area contributed by atoms with Crippen molar-refractivity contribution in [3.05, 3.63) is 12.2 Å². The molecule has 3 N–H and O–H groups in total. The fourth-order valence-corrected chi connectivity index (χ4v) is 5.80. The van der Waals surface area contributed by atoms with Crippen LogP contribution in [0, 0.1) is 11.8 Å². The van der Waals surface area contributed by atoms with Crippen molar-refractivity contribution in [2.45, 2.75) is 102 Å². The van der Waals surface area contributed by atoms with E-state index in [1.54, 1.807) is 0 Å². The summed E-state index contributed by atoms with van der Waals surface area (Å²) in [6, 6.07) is 0.815. The van der Waals surface area contributed by atoms with E-state index in [1.807, 2.05) is 0 Å². The van der Waals surface area contributed by atoms with Crippen molar-refractivity contribution in [1.29, 1.82) is 0 Å². The molecule has 30 heavy (non-hydrogen) atoms. The zero-order valence-corrected chi connectivity index (χ0v) is 18.9. The molecule has 168 valence electrons. The Hall–Kier alpha value is -1.24. The van der Waals surface area contributed by atoms with Gasteiger partial charge in [0, 0.05) is 30.1 Å². The zero-order valence-electron chi connectivity index (χ0n) is 18.9. The van der Waals surface area contributed by atoms with Gasteiger partial charge in [-0.15, -0.1) is 0 Å². The Bertz CT molecular complexity index is 638. The van der Waals surface area contributed by atoms with E-state index in [0.717, 1.165) is 38.5 Å². The van der Waals surface area contributed by atoms with Gasteiger partial charge in [-0.25, -0.2) is 0 Å². The summed E-state index contributed by atoms with van der Waals surface area (Å²) in [6.07, 6.45) is 18.4. The lowest BCUT2D eigenvalue weighted by Gasteiger charge is -2.43. The van der Waals surface area contributed by atoms with Gasteiger partial charge in [-0.2, -0.15) is 0 Å². The molecule has 4 aliphatic rings. The molecule has 4 rings (SSSR count). The lowest BCUT2D eigenvalue weighted by molar-refractivity contribution is -0.122. The van der Waals surface area contributed by atoms with Gasteiger partial charge in [-0.1, -0.05) is 18.6 Å². The highest BCUT2D eigenvalue weighted by Crippen LogP contribution is 2.29. The van der Waals surface area contributed by atoms with Crippen LogP contribution in [-0.4, -0.2) is 55.2 Å². The molecule has 1 amide bonds. The third-order valence-electron chi connectivity index (χ3n) is 7.47. The number of nitrogens with zero attached hydrogens (tertiary/aromatic N) is 2. The van der Waals surface area contributed by atoms with Gasteiger partial charge < -0.3 is 5.32 Å². The Morgan fingerprint density at radius 2 is 1.90 bits per heavy atom. The molecule has 2 saturated carbocycles. The van der Waals surface area contributed by atoms with Gasteiger partial charge in [0.15, 0.2) is 6.29 Å². The van der Waals surface area contributed by atoms with Crippen LogP contribution < -0.4 is 16.0 Å². The first kappa shape index (κ1) is 22.0. The summed E-state index contributed by atoms with van der Waals surface area (Å²) in [5.74, 6) is 1.25. The van der Waals surface area contributed by atoms with Crippen LogP contribution in [0.2, 0.25) is 0 Å². The molecule has 0 bridgehead atoms. The number of aliphatic imine (C=N–C) groups is 1. The van der Waals surface area contributed by atoms with Gasteiger partial charge in [-0.05, 0) is 84.2 Å². The molecule has 0 spiro atoms. The quantitative estimate of drug-likeness (QED) is 0.583. The van der Waals surface area contributed by atoms with Gasteiger partial charge in [0.25, 0.3) is 0 Å². The number of hydrogen-bond acceptors (Lipinski definition) is 5. The van der Waals surface area contributed by atoms with Crippen LogP contribution >= 0.6 is 0 Å². The lowest BCUT2D eigenvalue weighted by Crippen LogP contribution is -2.62. The topological polar surface area (TPSA) is 68.8 Å². The molecule has 4 atom stereocenters. The minimum Gasteiger partial charge on any atom is -0.353 e. The predicted octanol–water partition coefficient (Wildman–Crippen LogP) is 3.16. The number of carbonyl (C=O) groups excluding carboxylic acids is 1. The number of fused-ring (bicyclic) bond motifs is 1.